The van der Waals surface area contributed by atoms with Crippen molar-refractivity contribution in [1.29, 1.82) is 0 Å². The Bertz CT molecular complexity index is 555. The van der Waals surface area contributed by atoms with E-state index in [4.69, 9.17) is 0 Å². The third-order valence-electron chi connectivity index (χ3n) is 2.73. The summed E-state index contributed by atoms with van der Waals surface area (Å²) in [5.74, 6) is 0. The molecule has 0 amide bonds. The maximum absolute atomic E-state index is 2.24. The zero-order valence-corrected chi connectivity index (χ0v) is 15.5. The SMILES string of the molecule is [I-].[I-].[Ti+3].c1ccc(-c2cc3ccccc3[cH-]2)cc1. The normalized spacial score (nSPS) is 8.89. The summed E-state index contributed by atoms with van der Waals surface area (Å²) < 4.78 is 0. The van der Waals surface area contributed by atoms with Gasteiger partial charge < -0.3 is 48.0 Å². The van der Waals surface area contributed by atoms with Gasteiger partial charge in [-0.1, -0.05) is 54.1 Å². The topological polar surface area (TPSA) is 0 Å². The van der Waals surface area contributed by atoms with Gasteiger partial charge in [-0.3, -0.25) is 0 Å². The summed E-state index contributed by atoms with van der Waals surface area (Å²) >= 11 is 0. The molecule has 0 unspecified atom stereocenters. The van der Waals surface area contributed by atoms with E-state index >= 15 is 0 Å². The van der Waals surface area contributed by atoms with Gasteiger partial charge in [-0.2, -0.15) is 0 Å². The Balaban J connectivity index is 0.000000963. The Morgan fingerprint density at radius 1 is 0.722 bits per heavy atom. The van der Waals surface area contributed by atoms with Crippen molar-refractivity contribution in [1.82, 2.24) is 0 Å². The molecular weight excluding hydrogens is 482 g/mol. The molecule has 0 aliphatic rings. The monoisotopic (exact) mass is 493 g/mol. The maximum Gasteiger partial charge on any atom is 3.00 e. The predicted octanol–water partition coefficient (Wildman–Crippen LogP) is -1.77. The van der Waals surface area contributed by atoms with Crippen LogP contribution in [0.3, 0.4) is 0 Å². The van der Waals surface area contributed by atoms with Crippen LogP contribution < -0.4 is 48.0 Å². The molecule has 1 radical (unpaired) electrons. The summed E-state index contributed by atoms with van der Waals surface area (Å²) in [5.41, 5.74) is 2.59. The van der Waals surface area contributed by atoms with E-state index in [9.17, 15) is 0 Å². The molecule has 0 fully saturated rings. The van der Waals surface area contributed by atoms with Crippen molar-refractivity contribution in [3.05, 3.63) is 66.7 Å². The third-order valence-corrected chi connectivity index (χ3v) is 2.73. The molecule has 0 aromatic heterocycles. The molecule has 18 heavy (non-hydrogen) atoms. The second kappa shape index (κ2) is 8.41. The van der Waals surface area contributed by atoms with Crippen molar-refractivity contribution in [2.45, 2.75) is 0 Å². The average Bonchev–Trinajstić information content (AvgIpc) is 2.74. The molecule has 0 heterocycles. The first-order valence-electron chi connectivity index (χ1n) is 5.14. The molecule has 3 aromatic carbocycles. The van der Waals surface area contributed by atoms with Crippen LogP contribution in [0.25, 0.3) is 21.9 Å². The first kappa shape index (κ1) is 18.2. The Kier molecular flexibility index (Phi) is 8.51. The molecule has 0 bridgehead atoms. The second-order valence-corrected chi connectivity index (χ2v) is 3.74. The zero-order valence-electron chi connectivity index (χ0n) is 9.61. The number of rotatable bonds is 1. The molecule has 0 aliphatic carbocycles. The van der Waals surface area contributed by atoms with Crippen LogP contribution >= 0.6 is 0 Å². The molecular formula is C15H11I2Ti. The van der Waals surface area contributed by atoms with Gasteiger partial charge in [0, 0.05) is 0 Å². The first-order valence-corrected chi connectivity index (χ1v) is 5.14. The number of hydrogen-bond acceptors (Lipinski definition) is 0. The van der Waals surface area contributed by atoms with Crippen LogP contribution in [0, 0.1) is 0 Å². The largest absolute Gasteiger partial charge is 3.00 e. The number of hydrogen-bond donors (Lipinski definition) is 0. The summed E-state index contributed by atoms with van der Waals surface area (Å²) in [5, 5.41) is 2.63. The first-order chi connectivity index (χ1) is 7.43. The molecule has 3 heteroatoms. The van der Waals surface area contributed by atoms with Crippen LogP contribution in [-0.4, -0.2) is 0 Å². The molecule has 0 aliphatic heterocycles. The minimum Gasteiger partial charge on any atom is -1.00 e. The molecule has 0 spiro atoms. The predicted molar refractivity (Wildman–Crippen MR) is 65.0 cm³/mol. The molecule has 0 atom stereocenters. The van der Waals surface area contributed by atoms with Crippen molar-refractivity contribution in [3.8, 4) is 11.1 Å². The van der Waals surface area contributed by atoms with Crippen molar-refractivity contribution in [3.63, 3.8) is 0 Å². The quantitative estimate of drug-likeness (QED) is 0.214. The Morgan fingerprint density at radius 2 is 1.33 bits per heavy atom. The fraction of sp³-hybridized carbons (Fsp3) is 0. The van der Waals surface area contributed by atoms with Crippen molar-refractivity contribution in [2.75, 3.05) is 0 Å². The Labute approximate surface area is 156 Å². The van der Waals surface area contributed by atoms with Gasteiger partial charge in [0.25, 0.3) is 0 Å². The van der Waals surface area contributed by atoms with E-state index in [-0.39, 0.29) is 69.7 Å². The van der Waals surface area contributed by atoms with Crippen molar-refractivity contribution in [2.24, 2.45) is 0 Å². The van der Waals surface area contributed by atoms with E-state index in [1.807, 2.05) is 6.07 Å². The van der Waals surface area contributed by atoms with E-state index in [1.165, 1.54) is 21.9 Å². The van der Waals surface area contributed by atoms with Gasteiger partial charge in [-0.05, 0) is 0 Å². The van der Waals surface area contributed by atoms with Gasteiger partial charge in [0.1, 0.15) is 0 Å². The summed E-state index contributed by atoms with van der Waals surface area (Å²) in [7, 11) is 0. The number of benzene rings is 2. The van der Waals surface area contributed by atoms with Gasteiger partial charge in [-0.15, -0.1) is 34.5 Å². The third kappa shape index (κ3) is 3.86. The summed E-state index contributed by atoms with van der Waals surface area (Å²) in [6.45, 7) is 0. The molecule has 0 saturated heterocycles. The maximum atomic E-state index is 2.24. The van der Waals surface area contributed by atoms with Gasteiger partial charge in [-0.25, -0.2) is 0 Å². The minimum atomic E-state index is 0. The van der Waals surface area contributed by atoms with Gasteiger partial charge in [0.05, 0.1) is 0 Å². The molecule has 0 nitrogen and oxygen atoms in total. The smallest absolute Gasteiger partial charge is 1.00 e. The number of halogens is 2. The van der Waals surface area contributed by atoms with Gasteiger partial charge in [0.2, 0.25) is 0 Å². The summed E-state index contributed by atoms with van der Waals surface area (Å²) in [6, 6.07) is 23.4. The van der Waals surface area contributed by atoms with E-state index in [0.29, 0.717) is 0 Å². The molecule has 0 saturated carbocycles. The summed E-state index contributed by atoms with van der Waals surface area (Å²) in [6.07, 6.45) is 0. The van der Waals surface area contributed by atoms with E-state index in [0.717, 1.165) is 0 Å². The van der Waals surface area contributed by atoms with Crippen LogP contribution in [0.4, 0.5) is 0 Å². The second-order valence-electron chi connectivity index (χ2n) is 3.74. The Morgan fingerprint density at radius 3 is 2.00 bits per heavy atom. The van der Waals surface area contributed by atoms with Crippen LogP contribution in [0.2, 0.25) is 0 Å². The van der Waals surface area contributed by atoms with Crippen molar-refractivity contribution >= 4 is 10.8 Å². The fourth-order valence-corrected chi connectivity index (χ4v) is 1.95. The van der Waals surface area contributed by atoms with Crippen LogP contribution in [0.15, 0.2) is 66.7 Å². The van der Waals surface area contributed by atoms with Crippen LogP contribution in [0.1, 0.15) is 0 Å². The molecule has 3 aromatic rings. The fourth-order valence-electron chi connectivity index (χ4n) is 1.95. The van der Waals surface area contributed by atoms with E-state index < -0.39 is 0 Å². The van der Waals surface area contributed by atoms with Crippen LogP contribution in [0.5, 0.6) is 0 Å². The summed E-state index contributed by atoms with van der Waals surface area (Å²) in [4.78, 5) is 0. The van der Waals surface area contributed by atoms with Crippen molar-refractivity contribution < 1.29 is 69.7 Å². The standard InChI is InChI=1S/C15H11.2HI.Ti/c1-2-6-12(7-3-1)15-10-13-8-4-5-9-14(13)11-15;;;/h1-11H;2*1H;/q-1;;;+3/p-2. The Hall–Kier alpha value is 0.224. The zero-order chi connectivity index (χ0) is 10.1. The molecule has 3 rings (SSSR count). The molecule has 0 N–H and O–H groups in total. The van der Waals surface area contributed by atoms with Crippen LogP contribution in [-0.2, 0) is 21.7 Å². The van der Waals surface area contributed by atoms with E-state index in [2.05, 4.69) is 60.7 Å². The number of fused-ring (bicyclic) bond motifs is 1. The van der Waals surface area contributed by atoms with Gasteiger partial charge >= 0.3 is 21.7 Å². The van der Waals surface area contributed by atoms with Gasteiger partial charge in [0.15, 0.2) is 0 Å². The average molecular weight is 493 g/mol. The molecule has 89 valence electrons. The minimum absolute atomic E-state index is 0. The van der Waals surface area contributed by atoms with E-state index in [1.54, 1.807) is 0 Å².